The van der Waals surface area contributed by atoms with Crippen LogP contribution < -0.4 is 16.1 Å². The van der Waals surface area contributed by atoms with E-state index in [0.29, 0.717) is 25.3 Å². The van der Waals surface area contributed by atoms with Crippen molar-refractivity contribution in [2.75, 3.05) is 11.9 Å². The average molecular weight is 413 g/mol. The van der Waals surface area contributed by atoms with Crippen LogP contribution in [-0.2, 0) is 19.6 Å². The van der Waals surface area contributed by atoms with E-state index in [4.69, 9.17) is 0 Å². The molecule has 0 saturated carbocycles. The molecule has 0 N–H and O–H groups in total. The maximum absolute atomic E-state index is 12.5. The fourth-order valence-electron chi connectivity index (χ4n) is 2.37. The Morgan fingerprint density at radius 1 is 1.14 bits per heavy atom. The number of nitrogens with zero attached hydrogens (tertiary/aromatic N) is 3. The van der Waals surface area contributed by atoms with Crippen LogP contribution >= 0.6 is 22.6 Å². The second-order valence-electron chi connectivity index (χ2n) is 5.08. The molecule has 2 rings (SSSR count). The van der Waals surface area contributed by atoms with E-state index in [1.54, 1.807) is 10.8 Å². The number of aromatic nitrogens is 2. The van der Waals surface area contributed by atoms with Gasteiger partial charge in [0.25, 0.3) is 5.56 Å². The first kappa shape index (κ1) is 16.8. The minimum atomic E-state index is -0.249. The van der Waals surface area contributed by atoms with E-state index in [0.717, 1.165) is 9.13 Å². The van der Waals surface area contributed by atoms with Crippen molar-refractivity contribution >= 4 is 28.3 Å². The van der Waals surface area contributed by atoms with Crippen molar-refractivity contribution in [3.63, 3.8) is 0 Å². The summed E-state index contributed by atoms with van der Waals surface area (Å²) in [4.78, 5) is 26.6. The van der Waals surface area contributed by atoms with Gasteiger partial charge in [0.05, 0.1) is 0 Å². The first-order valence-electron chi connectivity index (χ1n) is 7.28. The number of hydrogen-bond acceptors (Lipinski definition) is 3. The van der Waals surface area contributed by atoms with Gasteiger partial charge < -0.3 is 4.90 Å². The summed E-state index contributed by atoms with van der Waals surface area (Å²) in [5, 5.41) is 0. The van der Waals surface area contributed by atoms with E-state index < -0.39 is 0 Å². The topological polar surface area (TPSA) is 47.2 Å². The van der Waals surface area contributed by atoms with Crippen LogP contribution in [0.4, 0.5) is 5.69 Å². The lowest BCUT2D eigenvalue weighted by atomic mass is 10.2. The van der Waals surface area contributed by atoms with E-state index in [9.17, 15) is 9.59 Å². The molecule has 0 spiro atoms. The van der Waals surface area contributed by atoms with Crippen molar-refractivity contribution in [1.29, 1.82) is 0 Å². The lowest BCUT2D eigenvalue weighted by Gasteiger charge is -2.21. The highest BCUT2D eigenvalue weighted by atomic mass is 127. The minimum absolute atomic E-state index is 0.231. The monoisotopic (exact) mass is 413 g/mol. The van der Waals surface area contributed by atoms with Crippen LogP contribution in [0, 0.1) is 3.57 Å². The van der Waals surface area contributed by atoms with Gasteiger partial charge in [0.15, 0.2) is 0 Å². The summed E-state index contributed by atoms with van der Waals surface area (Å²) in [6.45, 7) is 5.26. The third-order valence-electron chi connectivity index (χ3n) is 3.65. The molecule has 0 bridgehead atoms. The molecule has 5 nitrogen and oxygen atoms in total. The van der Waals surface area contributed by atoms with Crippen molar-refractivity contribution in [3.8, 4) is 0 Å². The molecule has 0 aliphatic carbocycles. The highest BCUT2D eigenvalue weighted by Gasteiger charge is 2.14. The number of rotatable bonds is 5. The molecule has 0 radical (unpaired) electrons. The van der Waals surface area contributed by atoms with Crippen LogP contribution in [0.15, 0.2) is 40.1 Å². The number of aryl methyl sites for hydroxylation is 1. The van der Waals surface area contributed by atoms with Crippen molar-refractivity contribution in [2.45, 2.75) is 33.5 Å². The Labute approximate surface area is 143 Å². The number of anilines is 1. The predicted octanol–water partition coefficient (Wildman–Crippen LogP) is 2.29. The predicted molar refractivity (Wildman–Crippen MR) is 97.6 cm³/mol. The third kappa shape index (κ3) is 3.26. The second-order valence-corrected chi connectivity index (χ2v) is 6.24. The summed E-state index contributed by atoms with van der Waals surface area (Å²) in [6, 6.07) is 8.07. The highest BCUT2D eigenvalue weighted by molar-refractivity contribution is 14.1. The molecule has 2 aromatic rings. The lowest BCUT2D eigenvalue weighted by Crippen LogP contribution is -2.41. The maximum atomic E-state index is 12.5. The minimum Gasteiger partial charge on any atom is -0.365 e. The molecule has 0 aliphatic rings. The van der Waals surface area contributed by atoms with Gasteiger partial charge in [0.2, 0.25) is 0 Å². The standard InChI is InChI=1S/C16H20IN3O2/c1-4-19-11-14(15(21)20(5-2)16(19)22)18(3)10-12-8-6-7-9-13(12)17/h6-9,11H,4-5,10H2,1-3H3. The van der Waals surface area contributed by atoms with Crippen molar-refractivity contribution < 1.29 is 0 Å². The van der Waals surface area contributed by atoms with Gasteiger partial charge in [-0.2, -0.15) is 0 Å². The molecular formula is C16H20IN3O2. The number of hydrogen-bond donors (Lipinski definition) is 0. The van der Waals surface area contributed by atoms with Crippen molar-refractivity contribution in [3.05, 3.63) is 60.4 Å². The fraction of sp³-hybridized carbons (Fsp3) is 0.375. The third-order valence-corrected chi connectivity index (χ3v) is 4.70. The fourth-order valence-corrected chi connectivity index (χ4v) is 2.93. The molecule has 6 heteroatoms. The zero-order valence-electron chi connectivity index (χ0n) is 13.0. The van der Waals surface area contributed by atoms with Gasteiger partial charge >= 0.3 is 5.69 Å². The molecule has 1 aromatic heterocycles. The molecular weight excluding hydrogens is 393 g/mol. The Balaban J connectivity index is 2.46. The Bertz CT molecular complexity index is 780. The summed E-state index contributed by atoms with van der Waals surface area (Å²) in [7, 11) is 1.88. The molecule has 0 aliphatic heterocycles. The molecule has 1 aromatic carbocycles. The van der Waals surface area contributed by atoms with Crippen LogP contribution in [0.3, 0.4) is 0 Å². The van der Waals surface area contributed by atoms with Crippen molar-refractivity contribution in [2.24, 2.45) is 0 Å². The molecule has 22 heavy (non-hydrogen) atoms. The summed E-state index contributed by atoms with van der Waals surface area (Å²) < 4.78 is 4.02. The molecule has 0 fully saturated rings. The van der Waals surface area contributed by atoms with E-state index in [1.807, 2.05) is 50.1 Å². The quantitative estimate of drug-likeness (QED) is 0.707. The summed E-state index contributed by atoms with van der Waals surface area (Å²) in [5.74, 6) is 0. The zero-order valence-corrected chi connectivity index (χ0v) is 15.2. The Hall–Kier alpha value is -1.57. The molecule has 0 saturated heterocycles. The summed E-state index contributed by atoms with van der Waals surface area (Å²) in [5.41, 5.74) is 1.22. The summed E-state index contributed by atoms with van der Waals surface area (Å²) >= 11 is 2.29. The normalized spacial score (nSPS) is 10.7. The average Bonchev–Trinajstić information content (AvgIpc) is 2.50. The first-order valence-corrected chi connectivity index (χ1v) is 8.36. The molecule has 118 valence electrons. The molecule has 0 unspecified atom stereocenters. The smallest absolute Gasteiger partial charge is 0.331 e. The van der Waals surface area contributed by atoms with E-state index in [1.165, 1.54) is 4.57 Å². The largest absolute Gasteiger partial charge is 0.365 e. The van der Waals surface area contributed by atoms with Crippen LogP contribution in [0.2, 0.25) is 0 Å². The molecule has 0 amide bonds. The van der Waals surface area contributed by atoms with Gasteiger partial charge in [-0.3, -0.25) is 13.9 Å². The van der Waals surface area contributed by atoms with E-state index in [2.05, 4.69) is 22.6 Å². The Morgan fingerprint density at radius 2 is 1.82 bits per heavy atom. The van der Waals surface area contributed by atoms with Crippen molar-refractivity contribution in [1.82, 2.24) is 9.13 Å². The van der Waals surface area contributed by atoms with Gasteiger partial charge in [0.1, 0.15) is 5.69 Å². The van der Waals surface area contributed by atoms with Gasteiger partial charge in [-0.25, -0.2) is 4.79 Å². The Morgan fingerprint density at radius 3 is 2.41 bits per heavy atom. The zero-order chi connectivity index (χ0) is 16.3. The van der Waals surface area contributed by atoms with Gasteiger partial charge in [-0.15, -0.1) is 0 Å². The van der Waals surface area contributed by atoms with Gasteiger partial charge in [-0.05, 0) is 48.1 Å². The lowest BCUT2D eigenvalue weighted by molar-refractivity contribution is 0.584. The second kappa shape index (κ2) is 7.13. The van der Waals surface area contributed by atoms with E-state index in [-0.39, 0.29) is 11.2 Å². The van der Waals surface area contributed by atoms with Crippen LogP contribution in [-0.4, -0.2) is 16.2 Å². The van der Waals surface area contributed by atoms with Crippen LogP contribution in [0.1, 0.15) is 19.4 Å². The van der Waals surface area contributed by atoms with E-state index >= 15 is 0 Å². The van der Waals surface area contributed by atoms with Gasteiger partial charge in [0, 0.05) is 36.4 Å². The first-order chi connectivity index (χ1) is 10.5. The molecule has 1 heterocycles. The van der Waals surface area contributed by atoms with Crippen LogP contribution in [0.25, 0.3) is 0 Å². The number of benzene rings is 1. The summed E-state index contributed by atoms with van der Waals surface area (Å²) in [6.07, 6.45) is 1.66. The molecule has 0 atom stereocenters. The highest BCUT2D eigenvalue weighted by Crippen LogP contribution is 2.15. The van der Waals surface area contributed by atoms with Gasteiger partial charge in [-0.1, -0.05) is 18.2 Å². The Kier molecular flexibility index (Phi) is 5.44. The SMILES string of the molecule is CCn1cc(N(C)Cc2ccccc2I)c(=O)n(CC)c1=O. The maximum Gasteiger partial charge on any atom is 0.331 e. The van der Waals surface area contributed by atoms with Crippen LogP contribution in [0.5, 0.6) is 0 Å². The number of halogens is 1.